The first-order valence-electron chi connectivity index (χ1n) is 9.44. The molecule has 0 bridgehead atoms. The maximum atomic E-state index is 13.5. The van der Waals surface area contributed by atoms with Crippen molar-refractivity contribution >= 4 is 51.2 Å². The summed E-state index contributed by atoms with van der Waals surface area (Å²) in [5.41, 5.74) is 3.84. The van der Waals surface area contributed by atoms with Crippen LogP contribution in [0.15, 0.2) is 76.3 Å². The van der Waals surface area contributed by atoms with Crippen LogP contribution in [0.4, 0.5) is 10.1 Å². The zero-order valence-corrected chi connectivity index (χ0v) is 19.0. The van der Waals surface area contributed by atoms with Crippen molar-refractivity contribution in [3.8, 4) is 5.75 Å². The number of halogens is 3. The van der Waals surface area contributed by atoms with Crippen molar-refractivity contribution in [2.75, 3.05) is 5.32 Å². The molecule has 0 saturated carbocycles. The molecule has 0 fully saturated rings. The Bertz CT molecular complexity index is 1160. The molecular formula is C23H18BrClFN3O3. The third-order valence-electron chi connectivity index (χ3n) is 4.17. The van der Waals surface area contributed by atoms with E-state index in [0.717, 1.165) is 5.56 Å². The van der Waals surface area contributed by atoms with E-state index in [9.17, 15) is 14.0 Å². The van der Waals surface area contributed by atoms with Crippen LogP contribution in [0.5, 0.6) is 5.75 Å². The lowest BCUT2D eigenvalue weighted by atomic mass is 10.2. The number of benzene rings is 3. The summed E-state index contributed by atoms with van der Waals surface area (Å²) in [5.74, 6) is -1.24. The van der Waals surface area contributed by atoms with E-state index in [1.807, 2.05) is 18.2 Å². The average molecular weight is 519 g/mol. The van der Waals surface area contributed by atoms with Gasteiger partial charge in [0, 0.05) is 10.6 Å². The summed E-state index contributed by atoms with van der Waals surface area (Å²) in [7, 11) is 0. The summed E-state index contributed by atoms with van der Waals surface area (Å²) >= 11 is 9.57. The Morgan fingerprint density at radius 1 is 1.06 bits per heavy atom. The molecule has 9 heteroatoms. The molecular weight excluding hydrogens is 501 g/mol. The summed E-state index contributed by atoms with van der Waals surface area (Å²) in [6, 6.07) is 18.4. The van der Waals surface area contributed by atoms with Gasteiger partial charge < -0.3 is 10.1 Å². The number of amides is 2. The van der Waals surface area contributed by atoms with Gasteiger partial charge in [-0.05, 0) is 57.9 Å². The molecule has 0 atom stereocenters. The molecule has 3 rings (SSSR count). The molecule has 0 aliphatic rings. The minimum absolute atomic E-state index is 0.00972. The summed E-state index contributed by atoms with van der Waals surface area (Å²) in [6.45, 7) is 0.316. The predicted molar refractivity (Wildman–Crippen MR) is 125 cm³/mol. The summed E-state index contributed by atoms with van der Waals surface area (Å²) in [5, 5.41) is 6.80. The SMILES string of the molecule is O=C(CC(=O)Nc1ccccc1F)NN=Cc1ccc(OCc2ccccc2Cl)c(Br)c1. The molecule has 164 valence electrons. The fraction of sp³-hybridized carbons (Fsp3) is 0.0870. The zero-order valence-electron chi connectivity index (χ0n) is 16.6. The van der Waals surface area contributed by atoms with Gasteiger partial charge in [-0.15, -0.1) is 0 Å². The largest absolute Gasteiger partial charge is 0.488 e. The number of hydrogen-bond donors (Lipinski definition) is 2. The maximum absolute atomic E-state index is 13.5. The summed E-state index contributed by atoms with van der Waals surface area (Å²) in [4.78, 5) is 23.7. The molecule has 6 nitrogen and oxygen atoms in total. The Kier molecular flexibility index (Phi) is 8.35. The number of nitrogens with one attached hydrogen (secondary N) is 2. The van der Waals surface area contributed by atoms with E-state index in [-0.39, 0.29) is 5.69 Å². The van der Waals surface area contributed by atoms with Crippen LogP contribution in [0, 0.1) is 5.82 Å². The third kappa shape index (κ3) is 6.90. The van der Waals surface area contributed by atoms with Crippen LogP contribution >= 0.6 is 27.5 Å². The van der Waals surface area contributed by atoms with Crippen LogP contribution in [-0.2, 0) is 16.2 Å². The van der Waals surface area contributed by atoms with Crippen LogP contribution < -0.4 is 15.5 Å². The molecule has 0 aromatic heterocycles. The van der Waals surface area contributed by atoms with Gasteiger partial charge in [0.15, 0.2) is 0 Å². The van der Waals surface area contributed by atoms with Crippen molar-refractivity contribution < 1.29 is 18.7 Å². The molecule has 0 unspecified atom stereocenters. The number of carbonyl (C=O) groups is 2. The van der Waals surface area contributed by atoms with Gasteiger partial charge in [-0.3, -0.25) is 9.59 Å². The van der Waals surface area contributed by atoms with Crippen LogP contribution in [0.1, 0.15) is 17.5 Å². The van der Waals surface area contributed by atoms with Crippen LogP contribution in [0.25, 0.3) is 0 Å². The number of rotatable bonds is 8. The van der Waals surface area contributed by atoms with Crippen LogP contribution in [0.2, 0.25) is 5.02 Å². The quantitative estimate of drug-likeness (QED) is 0.241. The first-order valence-corrected chi connectivity index (χ1v) is 10.6. The molecule has 0 radical (unpaired) electrons. The Morgan fingerprint density at radius 2 is 1.81 bits per heavy atom. The second-order valence-corrected chi connectivity index (χ2v) is 7.83. The van der Waals surface area contributed by atoms with Crippen molar-refractivity contribution in [2.45, 2.75) is 13.0 Å². The highest BCUT2D eigenvalue weighted by molar-refractivity contribution is 9.10. The highest BCUT2D eigenvalue weighted by atomic mass is 79.9. The van der Waals surface area contributed by atoms with E-state index in [1.54, 1.807) is 30.3 Å². The molecule has 3 aromatic carbocycles. The molecule has 0 spiro atoms. The van der Waals surface area contributed by atoms with Gasteiger partial charge in [0.1, 0.15) is 24.6 Å². The van der Waals surface area contributed by atoms with Gasteiger partial charge in [0.2, 0.25) is 11.8 Å². The van der Waals surface area contributed by atoms with E-state index in [1.165, 1.54) is 24.4 Å². The smallest absolute Gasteiger partial charge is 0.249 e. The second-order valence-electron chi connectivity index (χ2n) is 6.57. The van der Waals surface area contributed by atoms with Crippen LogP contribution in [0.3, 0.4) is 0 Å². The predicted octanol–water partition coefficient (Wildman–Crippen LogP) is 5.30. The van der Waals surface area contributed by atoms with Gasteiger partial charge in [-0.2, -0.15) is 5.10 Å². The molecule has 2 amide bonds. The van der Waals surface area contributed by atoms with Crippen molar-refractivity contribution in [3.05, 3.63) is 93.2 Å². The Labute approximate surface area is 197 Å². The molecule has 0 saturated heterocycles. The fourth-order valence-electron chi connectivity index (χ4n) is 2.61. The number of carbonyl (C=O) groups excluding carboxylic acids is 2. The van der Waals surface area contributed by atoms with Crippen LogP contribution in [-0.4, -0.2) is 18.0 Å². The van der Waals surface area contributed by atoms with E-state index in [0.29, 0.717) is 27.4 Å². The maximum Gasteiger partial charge on any atom is 0.249 e. The lowest BCUT2D eigenvalue weighted by Crippen LogP contribution is -2.24. The van der Waals surface area contributed by atoms with Crippen molar-refractivity contribution in [1.82, 2.24) is 5.43 Å². The lowest BCUT2D eigenvalue weighted by Gasteiger charge is -2.10. The monoisotopic (exact) mass is 517 g/mol. The first-order chi connectivity index (χ1) is 15.4. The number of nitrogens with zero attached hydrogens (tertiary/aromatic N) is 1. The number of para-hydroxylation sites is 1. The topological polar surface area (TPSA) is 79.8 Å². The minimum Gasteiger partial charge on any atom is -0.488 e. The van der Waals surface area contributed by atoms with Crippen molar-refractivity contribution in [2.24, 2.45) is 5.10 Å². The zero-order chi connectivity index (χ0) is 22.9. The van der Waals surface area contributed by atoms with Gasteiger partial charge in [-0.1, -0.05) is 41.9 Å². The third-order valence-corrected chi connectivity index (χ3v) is 5.16. The van der Waals surface area contributed by atoms with Crippen molar-refractivity contribution in [1.29, 1.82) is 0 Å². The normalized spacial score (nSPS) is 10.7. The molecule has 0 heterocycles. The highest BCUT2D eigenvalue weighted by Gasteiger charge is 2.11. The summed E-state index contributed by atoms with van der Waals surface area (Å²) < 4.78 is 20.0. The highest BCUT2D eigenvalue weighted by Crippen LogP contribution is 2.27. The number of hydrogen-bond acceptors (Lipinski definition) is 4. The van der Waals surface area contributed by atoms with Gasteiger partial charge >= 0.3 is 0 Å². The van der Waals surface area contributed by atoms with E-state index < -0.39 is 24.1 Å². The molecule has 0 aliphatic carbocycles. The molecule has 3 aromatic rings. The standard InChI is InChI=1S/C23H18BrClFN3O3/c24-17-11-15(9-10-21(17)32-14-16-5-1-2-6-18(16)25)13-27-29-23(31)12-22(30)28-20-8-4-3-7-19(20)26/h1-11,13H,12,14H2,(H,28,30)(H,29,31). The number of anilines is 1. The average Bonchev–Trinajstić information content (AvgIpc) is 2.76. The summed E-state index contributed by atoms with van der Waals surface area (Å²) in [6.07, 6.45) is 0.930. The lowest BCUT2D eigenvalue weighted by molar-refractivity contribution is -0.126. The first kappa shape index (κ1) is 23.4. The second kappa shape index (κ2) is 11.4. The van der Waals surface area contributed by atoms with E-state index >= 15 is 0 Å². The number of hydrazone groups is 1. The molecule has 0 aliphatic heterocycles. The van der Waals surface area contributed by atoms with Gasteiger partial charge in [0.25, 0.3) is 0 Å². The molecule has 2 N–H and O–H groups in total. The fourth-order valence-corrected chi connectivity index (χ4v) is 3.31. The van der Waals surface area contributed by atoms with Gasteiger partial charge in [-0.25, -0.2) is 9.82 Å². The van der Waals surface area contributed by atoms with Crippen molar-refractivity contribution in [3.63, 3.8) is 0 Å². The van der Waals surface area contributed by atoms with E-state index in [4.69, 9.17) is 16.3 Å². The Hall–Kier alpha value is -3.23. The molecule has 32 heavy (non-hydrogen) atoms. The Balaban J connectivity index is 1.49. The Morgan fingerprint density at radius 3 is 2.56 bits per heavy atom. The number of ether oxygens (including phenoxy) is 1. The minimum atomic E-state index is -0.648. The van der Waals surface area contributed by atoms with Gasteiger partial charge in [0.05, 0.1) is 16.4 Å². The van der Waals surface area contributed by atoms with E-state index in [2.05, 4.69) is 31.8 Å².